The Balaban J connectivity index is 1.82. The number of carbonyl (C=O) groups is 1. The Kier molecular flexibility index (Phi) is 15.5. The zero-order chi connectivity index (χ0) is 35.0. The number of hydrogen-bond acceptors (Lipinski definition) is 19. The molecule has 0 bridgehead atoms. The van der Waals surface area contributed by atoms with Crippen LogP contribution in [0.4, 0.5) is 0 Å². The highest BCUT2D eigenvalue weighted by Crippen LogP contribution is 2.32. The Bertz CT molecular complexity index is 991. The summed E-state index contributed by atoms with van der Waals surface area (Å²) in [6.45, 7) is 0.374. The Morgan fingerprint density at radius 1 is 0.851 bits per heavy atom. The first-order valence-corrected chi connectivity index (χ1v) is 15.6. The van der Waals surface area contributed by atoms with Crippen LogP contribution in [0.1, 0.15) is 19.3 Å². The third-order valence-corrected chi connectivity index (χ3v) is 8.62. The number of ether oxygens (including phenoxy) is 4. The molecule has 0 spiro atoms. The molecule has 3 rings (SSSR count). The molecule has 1 amide bonds. The second-order valence-corrected chi connectivity index (χ2v) is 12.2. The molecule has 3 fully saturated rings. The van der Waals surface area contributed by atoms with Gasteiger partial charge in [-0.25, -0.2) is 0 Å². The first kappa shape index (κ1) is 39.8. The van der Waals surface area contributed by atoms with Gasteiger partial charge in [0.1, 0.15) is 61.0 Å². The van der Waals surface area contributed by atoms with Crippen LogP contribution in [0.2, 0.25) is 0 Å². The lowest BCUT2D eigenvalue weighted by Gasteiger charge is -2.49. The maximum atomic E-state index is 12.7. The summed E-state index contributed by atoms with van der Waals surface area (Å²) in [5, 5.41) is 88.7. The van der Waals surface area contributed by atoms with Gasteiger partial charge in [0.05, 0.1) is 30.5 Å². The highest BCUT2D eigenvalue weighted by atomic mass is 16.7. The summed E-state index contributed by atoms with van der Waals surface area (Å²) in [5.74, 6) is -0.840. The summed E-state index contributed by atoms with van der Waals surface area (Å²) >= 11 is 0. The molecule has 20 heteroatoms. The summed E-state index contributed by atoms with van der Waals surface area (Å²) in [4.78, 5) is 12.7. The fourth-order valence-electron chi connectivity index (χ4n) is 5.82. The van der Waals surface area contributed by atoms with Gasteiger partial charge in [0.25, 0.3) is 0 Å². The molecular weight excluding hydrogens is 630 g/mol. The van der Waals surface area contributed by atoms with E-state index in [1.165, 1.54) is 0 Å². The molecule has 0 aromatic rings. The van der Waals surface area contributed by atoms with E-state index in [2.05, 4.69) is 10.6 Å². The van der Waals surface area contributed by atoms with E-state index in [0.717, 1.165) is 6.08 Å². The van der Waals surface area contributed by atoms with Gasteiger partial charge in [-0.3, -0.25) is 4.79 Å². The van der Waals surface area contributed by atoms with E-state index in [9.17, 15) is 45.6 Å². The minimum atomic E-state index is -1.70. The Labute approximate surface area is 271 Å². The zero-order valence-electron chi connectivity index (χ0n) is 25.9. The molecule has 20 N–H and O–H groups in total. The van der Waals surface area contributed by atoms with Crippen LogP contribution >= 0.6 is 0 Å². The van der Waals surface area contributed by atoms with E-state index >= 15 is 0 Å². The van der Waals surface area contributed by atoms with Gasteiger partial charge < -0.3 is 99.1 Å². The molecule has 274 valence electrons. The lowest BCUT2D eigenvalue weighted by Crippen LogP contribution is -2.70. The maximum Gasteiger partial charge on any atom is 0.249 e. The van der Waals surface area contributed by atoms with Gasteiger partial charge in [0.15, 0.2) is 12.6 Å². The number of hydrogen-bond donors (Lipinski definition) is 15. The molecule has 2 saturated heterocycles. The van der Waals surface area contributed by atoms with Crippen molar-refractivity contribution in [2.75, 3.05) is 26.2 Å². The molecule has 2 heterocycles. The molecule has 0 radical (unpaired) electrons. The van der Waals surface area contributed by atoms with E-state index in [1.807, 2.05) is 0 Å². The molecule has 47 heavy (non-hydrogen) atoms. The zero-order valence-corrected chi connectivity index (χ0v) is 25.9. The first-order valence-electron chi connectivity index (χ1n) is 15.6. The molecule has 2 unspecified atom stereocenters. The van der Waals surface area contributed by atoms with Gasteiger partial charge >= 0.3 is 0 Å². The second kappa shape index (κ2) is 18.4. The number of nitrogens with two attached hydrogens (primary N) is 5. The molecule has 2 aliphatic heterocycles. The molecule has 20 nitrogen and oxygen atoms in total. The number of aliphatic hydroxyl groups excluding tert-OH is 8. The lowest BCUT2D eigenvalue weighted by molar-refractivity contribution is -0.314. The molecule has 0 aromatic heterocycles. The lowest BCUT2D eigenvalue weighted by atomic mass is 9.83. The van der Waals surface area contributed by atoms with Crippen molar-refractivity contribution in [3.63, 3.8) is 0 Å². The van der Waals surface area contributed by atoms with E-state index in [-0.39, 0.29) is 39.0 Å². The first-order chi connectivity index (χ1) is 22.2. The Morgan fingerprint density at radius 2 is 1.51 bits per heavy atom. The number of carbonyl (C=O) groups excluding carboxylic acids is 1. The van der Waals surface area contributed by atoms with Crippen molar-refractivity contribution >= 4 is 5.91 Å². The van der Waals surface area contributed by atoms with Gasteiger partial charge in [0, 0.05) is 19.1 Å². The van der Waals surface area contributed by atoms with Crippen LogP contribution in [0, 0.1) is 0 Å². The third kappa shape index (κ3) is 9.95. The number of rotatable bonds is 15. The normalized spacial score (nSPS) is 42.7. The molecule has 3 aliphatic rings. The van der Waals surface area contributed by atoms with Gasteiger partial charge in [-0.15, -0.1) is 0 Å². The van der Waals surface area contributed by atoms with Gasteiger partial charge in [0.2, 0.25) is 5.91 Å². The van der Waals surface area contributed by atoms with E-state index in [0.29, 0.717) is 12.7 Å². The van der Waals surface area contributed by atoms with Crippen LogP contribution in [0.25, 0.3) is 0 Å². The van der Waals surface area contributed by atoms with Crippen molar-refractivity contribution in [2.24, 2.45) is 28.7 Å². The fourth-order valence-corrected chi connectivity index (χ4v) is 5.82. The summed E-state index contributed by atoms with van der Waals surface area (Å²) in [5.41, 5.74) is 29.4. The van der Waals surface area contributed by atoms with Gasteiger partial charge in [-0.2, -0.15) is 0 Å². The number of amides is 1. The topological polar surface area (TPSA) is 370 Å². The quantitative estimate of drug-likeness (QED) is 0.0712. The third-order valence-electron chi connectivity index (χ3n) is 8.62. The van der Waals surface area contributed by atoms with Gasteiger partial charge in [-0.05, 0) is 38.4 Å². The van der Waals surface area contributed by atoms with E-state index in [1.54, 1.807) is 0 Å². The molecule has 1 saturated carbocycles. The number of nitrogens with one attached hydrogen (secondary N) is 2. The molecule has 17 atom stereocenters. The highest BCUT2D eigenvalue weighted by molar-refractivity contribution is 5.80. The van der Waals surface area contributed by atoms with E-state index < -0.39 is 110 Å². The van der Waals surface area contributed by atoms with Crippen molar-refractivity contribution in [3.05, 3.63) is 12.3 Å². The summed E-state index contributed by atoms with van der Waals surface area (Å²) in [7, 11) is 0. The molecular formula is C27H53N7O13. The van der Waals surface area contributed by atoms with Crippen molar-refractivity contribution in [2.45, 2.75) is 123 Å². The van der Waals surface area contributed by atoms with Crippen molar-refractivity contribution in [1.29, 1.82) is 0 Å². The monoisotopic (exact) mass is 683 g/mol. The van der Waals surface area contributed by atoms with Crippen LogP contribution in [0.5, 0.6) is 0 Å². The summed E-state index contributed by atoms with van der Waals surface area (Å²) in [6, 6.07) is -4.75. The number of aliphatic hydroxyl groups is 8. The van der Waals surface area contributed by atoms with Crippen LogP contribution in [-0.4, -0.2) is 177 Å². The van der Waals surface area contributed by atoms with Crippen LogP contribution in [0.3, 0.4) is 0 Å². The average Bonchev–Trinajstić information content (AvgIpc) is 3.03. The summed E-state index contributed by atoms with van der Waals surface area (Å²) in [6.07, 6.45) is -16.3. The second-order valence-electron chi connectivity index (χ2n) is 12.2. The predicted octanol–water partition coefficient (Wildman–Crippen LogP) is -8.04. The summed E-state index contributed by atoms with van der Waals surface area (Å²) < 4.78 is 23.4. The minimum Gasteiger partial charge on any atom is -0.516 e. The Hall–Kier alpha value is -1.67. The SMILES string of the molecule is NCCC(O)CNC[C@H]1O[C@H](O[C@H]2[C@H](O)[C@@H](O[C@H]3OC(/C=C/O)[C@@H](O)[C@H](N)[C@H]3O)[C@H](NC(=O)[C@@H](O)CCN)C[C@@H]2N)[C@H](N)[C@@H](O)[C@@H]1O. The predicted molar refractivity (Wildman–Crippen MR) is 162 cm³/mol. The highest BCUT2D eigenvalue weighted by Gasteiger charge is 2.52. The molecule has 1 aliphatic carbocycles. The average molecular weight is 684 g/mol. The Morgan fingerprint density at radius 3 is 2.15 bits per heavy atom. The van der Waals surface area contributed by atoms with Crippen LogP contribution < -0.4 is 39.3 Å². The fraction of sp³-hybridized carbons (Fsp3) is 0.889. The smallest absolute Gasteiger partial charge is 0.249 e. The van der Waals surface area contributed by atoms with Crippen molar-refractivity contribution in [1.82, 2.24) is 10.6 Å². The van der Waals surface area contributed by atoms with E-state index in [4.69, 9.17) is 47.6 Å². The molecule has 0 aromatic carbocycles. The van der Waals surface area contributed by atoms with Gasteiger partial charge in [-0.1, -0.05) is 0 Å². The van der Waals surface area contributed by atoms with Crippen LogP contribution in [0.15, 0.2) is 12.3 Å². The van der Waals surface area contributed by atoms with Crippen LogP contribution in [-0.2, 0) is 23.7 Å². The minimum absolute atomic E-state index is 0.00626. The standard InChI is InChI=1S/C27H53N7O13/c28-4-1-10(36)8-33-9-15-19(39)20(40)17(32)26(45-15)46-23-11(30)7-12(34-25(43)13(37)2-5-29)24(22(23)42)47-27-21(41)16(31)18(38)14(44-27)3-6-35/h3,6,10-24,26-27,33,35-42H,1-2,4-5,7-9,28-32H2,(H,34,43)/b6-3+/t10?,11-,12+,13-,14?,15+,16-,17+,18+,19+,20+,21+,22-,23+,24-,26+,27+/m0/s1. The van der Waals surface area contributed by atoms with Crippen molar-refractivity contribution in [3.8, 4) is 0 Å². The maximum absolute atomic E-state index is 12.7. The van der Waals surface area contributed by atoms with Crippen molar-refractivity contribution < 1.29 is 64.6 Å². The largest absolute Gasteiger partial charge is 0.516 e.